The Hall–Kier alpha value is -0.0700. The van der Waals surface area contributed by atoms with E-state index in [1.165, 1.54) is 0 Å². The van der Waals surface area contributed by atoms with Gasteiger partial charge in [-0.3, -0.25) is 9.69 Å². The summed E-state index contributed by atoms with van der Waals surface area (Å²) in [5, 5.41) is 0. The van der Waals surface area contributed by atoms with Gasteiger partial charge in [0.15, 0.2) is 0 Å². The van der Waals surface area contributed by atoms with Gasteiger partial charge in [0.05, 0.1) is 12.6 Å². The second-order valence-corrected chi connectivity index (χ2v) is 5.07. The van der Waals surface area contributed by atoms with Crippen molar-refractivity contribution >= 4 is 30.7 Å². The van der Waals surface area contributed by atoms with Gasteiger partial charge in [-0.25, -0.2) is 0 Å². The van der Waals surface area contributed by atoms with E-state index in [0.717, 1.165) is 45.8 Å². The van der Waals surface area contributed by atoms with E-state index >= 15 is 0 Å². The number of nitrogens with two attached hydrogens (primary N) is 1. The number of nitrogens with zero attached hydrogens (tertiary/aromatic N) is 2. The molecule has 1 heterocycles. The van der Waals surface area contributed by atoms with Crippen LogP contribution in [-0.4, -0.2) is 68.2 Å². The van der Waals surface area contributed by atoms with Crippen molar-refractivity contribution < 1.29 is 9.53 Å². The van der Waals surface area contributed by atoms with Crippen molar-refractivity contribution in [2.75, 3.05) is 46.4 Å². The highest BCUT2D eigenvalue weighted by molar-refractivity contribution is 5.85. The monoisotopic (exact) mass is 329 g/mol. The summed E-state index contributed by atoms with van der Waals surface area (Å²) in [7, 11) is 1.71. The van der Waals surface area contributed by atoms with E-state index in [0.29, 0.717) is 0 Å². The maximum atomic E-state index is 12.2. The molecule has 1 saturated heterocycles. The quantitative estimate of drug-likeness (QED) is 0.789. The SMILES string of the molecule is CCC(C)C(N)C(=O)N1CCN(CCOC)CC1.Cl.Cl. The summed E-state index contributed by atoms with van der Waals surface area (Å²) in [5.74, 6) is 0.361. The fourth-order valence-electron chi connectivity index (χ4n) is 2.12. The fraction of sp³-hybridized carbons (Fsp3) is 0.923. The molecule has 2 atom stereocenters. The van der Waals surface area contributed by atoms with Crippen LogP contribution in [0.3, 0.4) is 0 Å². The summed E-state index contributed by atoms with van der Waals surface area (Å²) < 4.78 is 5.06. The number of carbonyl (C=O) groups is 1. The van der Waals surface area contributed by atoms with Gasteiger partial charge in [0.2, 0.25) is 5.91 Å². The molecule has 0 aromatic rings. The molecule has 2 N–H and O–H groups in total. The number of rotatable bonds is 6. The molecule has 0 saturated carbocycles. The number of halogens is 2. The van der Waals surface area contributed by atoms with Crippen LogP contribution >= 0.6 is 24.8 Å². The minimum Gasteiger partial charge on any atom is -0.383 e. The molecule has 0 spiro atoms. The zero-order valence-electron chi connectivity index (χ0n) is 12.7. The second-order valence-electron chi connectivity index (χ2n) is 5.07. The summed E-state index contributed by atoms with van der Waals surface area (Å²) >= 11 is 0. The average molecular weight is 330 g/mol. The number of carbonyl (C=O) groups excluding carboxylic acids is 1. The lowest BCUT2D eigenvalue weighted by atomic mass is 9.98. The van der Waals surface area contributed by atoms with Gasteiger partial charge in [-0.05, 0) is 5.92 Å². The van der Waals surface area contributed by atoms with E-state index in [1.807, 2.05) is 11.8 Å². The molecule has 0 aromatic heterocycles. The number of ether oxygens (including phenoxy) is 1. The Kier molecular flexibility index (Phi) is 12.9. The lowest BCUT2D eigenvalue weighted by Gasteiger charge is -2.36. The van der Waals surface area contributed by atoms with Crippen LogP contribution in [-0.2, 0) is 9.53 Å². The third-order valence-corrected chi connectivity index (χ3v) is 3.84. The molecule has 7 heteroatoms. The first-order chi connectivity index (χ1) is 8.60. The van der Waals surface area contributed by atoms with Crippen LogP contribution in [0.4, 0.5) is 0 Å². The van der Waals surface area contributed by atoms with Gasteiger partial charge in [0.25, 0.3) is 0 Å². The van der Waals surface area contributed by atoms with Crippen molar-refractivity contribution in [3.05, 3.63) is 0 Å². The van der Waals surface area contributed by atoms with E-state index in [-0.39, 0.29) is 42.7 Å². The molecule has 2 unspecified atom stereocenters. The number of piperazine rings is 1. The number of amides is 1. The summed E-state index contributed by atoms with van der Waals surface area (Å²) in [4.78, 5) is 16.4. The van der Waals surface area contributed by atoms with Gasteiger partial charge in [0.1, 0.15) is 0 Å². The molecule has 0 bridgehead atoms. The van der Waals surface area contributed by atoms with Gasteiger partial charge >= 0.3 is 0 Å². The van der Waals surface area contributed by atoms with E-state index in [4.69, 9.17) is 10.5 Å². The van der Waals surface area contributed by atoms with Crippen molar-refractivity contribution in [1.82, 2.24) is 9.80 Å². The second kappa shape index (κ2) is 11.6. The van der Waals surface area contributed by atoms with Crippen LogP contribution in [0.5, 0.6) is 0 Å². The van der Waals surface area contributed by atoms with Gasteiger partial charge in [-0.1, -0.05) is 20.3 Å². The van der Waals surface area contributed by atoms with E-state index in [1.54, 1.807) is 7.11 Å². The minimum absolute atomic E-state index is 0. The molecule has 0 aromatic carbocycles. The van der Waals surface area contributed by atoms with Crippen molar-refractivity contribution in [1.29, 1.82) is 0 Å². The Labute approximate surface area is 135 Å². The maximum absolute atomic E-state index is 12.2. The van der Waals surface area contributed by atoms with Crippen LogP contribution < -0.4 is 5.73 Å². The Morgan fingerprint density at radius 3 is 2.25 bits per heavy atom. The molecule has 0 aliphatic carbocycles. The van der Waals surface area contributed by atoms with Crippen LogP contribution in [0.15, 0.2) is 0 Å². The highest BCUT2D eigenvalue weighted by Gasteiger charge is 2.27. The Balaban J connectivity index is 0. The number of hydrogen-bond donors (Lipinski definition) is 1. The van der Waals surface area contributed by atoms with Crippen molar-refractivity contribution in [3.63, 3.8) is 0 Å². The normalized spacial score (nSPS) is 18.7. The third kappa shape index (κ3) is 6.59. The molecule has 20 heavy (non-hydrogen) atoms. The molecular formula is C13H29Cl2N3O2. The third-order valence-electron chi connectivity index (χ3n) is 3.84. The zero-order chi connectivity index (χ0) is 13.5. The first kappa shape index (κ1) is 22.2. The van der Waals surface area contributed by atoms with Gasteiger partial charge in [0, 0.05) is 39.8 Å². The zero-order valence-corrected chi connectivity index (χ0v) is 14.3. The van der Waals surface area contributed by atoms with Gasteiger partial charge in [-0.15, -0.1) is 24.8 Å². The predicted molar refractivity (Wildman–Crippen MR) is 86.8 cm³/mol. The summed E-state index contributed by atoms with van der Waals surface area (Å²) in [6.45, 7) is 9.21. The number of methoxy groups -OCH3 is 1. The molecule has 1 aliphatic heterocycles. The Morgan fingerprint density at radius 2 is 1.80 bits per heavy atom. The molecule has 1 amide bonds. The van der Waals surface area contributed by atoms with Crippen molar-refractivity contribution in [2.24, 2.45) is 11.7 Å². The van der Waals surface area contributed by atoms with Gasteiger partial charge < -0.3 is 15.4 Å². The maximum Gasteiger partial charge on any atom is 0.239 e. The smallest absolute Gasteiger partial charge is 0.239 e. The van der Waals surface area contributed by atoms with Gasteiger partial charge in [-0.2, -0.15) is 0 Å². The first-order valence-electron chi connectivity index (χ1n) is 6.85. The summed E-state index contributed by atoms with van der Waals surface area (Å²) in [5.41, 5.74) is 5.99. The standard InChI is InChI=1S/C13H27N3O2.2ClH/c1-4-11(2)12(14)13(17)16-7-5-15(6-8-16)9-10-18-3;;/h11-12H,4-10,14H2,1-3H3;2*1H. The molecular weight excluding hydrogens is 301 g/mol. The van der Waals surface area contributed by atoms with E-state index in [9.17, 15) is 4.79 Å². The highest BCUT2D eigenvalue weighted by Crippen LogP contribution is 2.10. The van der Waals surface area contributed by atoms with Crippen LogP contribution in [0.2, 0.25) is 0 Å². The van der Waals surface area contributed by atoms with Crippen molar-refractivity contribution in [3.8, 4) is 0 Å². The molecule has 122 valence electrons. The van der Waals surface area contributed by atoms with E-state index < -0.39 is 0 Å². The average Bonchev–Trinajstić information content (AvgIpc) is 2.43. The topological polar surface area (TPSA) is 58.8 Å². The summed E-state index contributed by atoms with van der Waals surface area (Å²) in [6, 6.07) is -0.347. The summed E-state index contributed by atoms with van der Waals surface area (Å²) in [6.07, 6.45) is 0.945. The first-order valence-corrected chi connectivity index (χ1v) is 6.85. The predicted octanol–water partition coefficient (Wildman–Crippen LogP) is 0.994. The Bertz CT molecular complexity index is 262. The fourth-order valence-corrected chi connectivity index (χ4v) is 2.12. The van der Waals surface area contributed by atoms with E-state index in [2.05, 4.69) is 11.8 Å². The lowest BCUT2D eigenvalue weighted by Crippen LogP contribution is -2.54. The number of hydrogen-bond acceptors (Lipinski definition) is 4. The molecule has 1 fully saturated rings. The van der Waals surface area contributed by atoms with Crippen LogP contribution in [0.25, 0.3) is 0 Å². The molecule has 1 rings (SSSR count). The van der Waals surface area contributed by atoms with Crippen LogP contribution in [0.1, 0.15) is 20.3 Å². The minimum atomic E-state index is -0.347. The lowest BCUT2D eigenvalue weighted by molar-refractivity contribution is -0.135. The van der Waals surface area contributed by atoms with Crippen LogP contribution in [0, 0.1) is 5.92 Å². The largest absolute Gasteiger partial charge is 0.383 e. The Morgan fingerprint density at radius 1 is 1.25 bits per heavy atom. The molecule has 1 aliphatic rings. The molecule has 0 radical (unpaired) electrons. The highest BCUT2D eigenvalue weighted by atomic mass is 35.5. The van der Waals surface area contributed by atoms with Crippen molar-refractivity contribution in [2.45, 2.75) is 26.3 Å². The molecule has 5 nitrogen and oxygen atoms in total.